The molecule has 1 aliphatic rings. The number of likely N-dealkylation sites (N-methyl/N-ethyl adjacent to an activating group) is 1. The first-order valence-electron chi connectivity index (χ1n) is 5.59. The number of nitriles is 1. The molecule has 0 spiro atoms. The first-order chi connectivity index (χ1) is 8.11. The fraction of sp³-hybridized carbons (Fsp3) is 0.500. The van der Waals surface area contributed by atoms with Gasteiger partial charge < -0.3 is 9.80 Å². The van der Waals surface area contributed by atoms with Crippen LogP contribution in [0.15, 0.2) is 16.7 Å². The molecule has 1 aromatic rings. The largest absolute Gasteiger partial charge is 0.354 e. The van der Waals surface area contributed by atoms with Crippen molar-refractivity contribution in [2.45, 2.75) is 12.5 Å². The predicted octanol–water partition coefficient (Wildman–Crippen LogP) is 1.86. The summed E-state index contributed by atoms with van der Waals surface area (Å²) in [6.45, 7) is 1.91. The first-order valence-corrected chi connectivity index (χ1v) is 6.38. The average Bonchev–Trinajstić information content (AvgIpc) is 2.78. The van der Waals surface area contributed by atoms with Crippen LogP contribution in [0.25, 0.3) is 0 Å². The van der Waals surface area contributed by atoms with Gasteiger partial charge in [0.05, 0.1) is 5.56 Å². The van der Waals surface area contributed by atoms with Gasteiger partial charge in [-0.05, 0) is 42.5 Å². The molecule has 1 fully saturated rings. The average molecular weight is 295 g/mol. The third-order valence-corrected chi connectivity index (χ3v) is 3.58. The van der Waals surface area contributed by atoms with Crippen LogP contribution < -0.4 is 4.90 Å². The summed E-state index contributed by atoms with van der Waals surface area (Å²) < 4.78 is 0.848. The van der Waals surface area contributed by atoms with Gasteiger partial charge in [-0.3, -0.25) is 0 Å². The lowest BCUT2D eigenvalue weighted by atomic mass is 10.2. The van der Waals surface area contributed by atoms with E-state index in [0.29, 0.717) is 11.6 Å². The minimum Gasteiger partial charge on any atom is -0.354 e. The molecule has 0 N–H and O–H groups in total. The lowest BCUT2D eigenvalue weighted by molar-refractivity contribution is 0.315. The van der Waals surface area contributed by atoms with E-state index < -0.39 is 0 Å². The van der Waals surface area contributed by atoms with Crippen LogP contribution in [0.4, 0.5) is 5.82 Å². The summed E-state index contributed by atoms with van der Waals surface area (Å²) in [4.78, 5) is 8.78. The van der Waals surface area contributed by atoms with Crippen LogP contribution in [0.2, 0.25) is 0 Å². The third-order valence-electron chi connectivity index (χ3n) is 3.15. The quantitative estimate of drug-likeness (QED) is 0.835. The Labute approximate surface area is 110 Å². The van der Waals surface area contributed by atoms with Crippen molar-refractivity contribution >= 4 is 21.7 Å². The molecule has 0 bridgehead atoms. The molecular weight excluding hydrogens is 280 g/mol. The summed E-state index contributed by atoms with van der Waals surface area (Å²) in [5.41, 5.74) is 0.638. The lowest BCUT2D eigenvalue weighted by Gasteiger charge is -2.21. The van der Waals surface area contributed by atoms with E-state index in [0.717, 1.165) is 29.8 Å². The fourth-order valence-corrected chi connectivity index (χ4v) is 2.45. The van der Waals surface area contributed by atoms with E-state index in [1.807, 2.05) is 6.07 Å². The number of anilines is 1. The van der Waals surface area contributed by atoms with Gasteiger partial charge in [0, 0.05) is 29.8 Å². The standard InChI is InChI=1S/C12H15BrN4/c1-16(2)11-3-4-17(8-11)12-9(6-14)5-10(13)7-15-12/h5,7,11H,3-4,8H2,1-2H3/t11-/m0/s1. The van der Waals surface area contributed by atoms with E-state index in [1.165, 1.54) is 0 Å². The van der Waals surface area contributed by atoms with Crippen molar-refractivity contribution in [2.75, 3.05) is 32.1 Å². The van der Waals surface area contributed by atoms with E-state index in [9.17, 15) is 0 Å². The molecule has 0 radical (unpaired) electrons. The fourth-order valence-electron chi connectivity index (χ4n) is 2.12. The van der Waals surface area contributed by atoms with Gasteiger partial charge in [-0.25, -0.2) is 4.98 Å². The van der Waals surface area contributed by atoms with Crippen molar-refractivity contribution < 1.29 is 0 Å². The van der Waals surface area contributed by atoms with E-state index >= 15 is 0 Å². The molecule has 0 saturated carbocycles. The summed E-state index contributed by atoms with van der Waals surface area (Å²) >= 11 is 3.34. The highest BCUT2D eigenvalue weighted by molar-refractivity contribution is 9.10. The number of aromatic nitrogens is 1. The molecule has 1 aliphatic heterocycles. The van der Waals surface area contributed by atoms with Crippen LogP contribution in [0, 0.1) is 11.3 Å². The summed E-state index contributed by atoms with van der Waals surface area (Å²) in [5, 5.41) is 9.13. The summed E-state index contributed by atoms with van der Waals surface area (Å²) in [6.07, 6.45) is 2.87. The second kappa shape index (κ2) is 5.03. The van der Waals surface area contributed by atoms with Crippen molar-refractivity contribution in [3.63, 3.8) is 0 Å². The summed E-state index contributed by atoms with van der Waals surface area (Å²) in [7, 11) is 4.18. The summed E-state index contributed by atoms with van der Waals surface area (Å²) in [5.74, 6) is 0.806. The topological polar surface area (TPSA) is 43.2 Å². The highest BCUT2D eigenvalue weighted by atomic mass is 79.9. The number of hydrogen-bond acceptors (Lipinski definition) is 4. The van der Waals surface area contributed by atoms with Crippen molar-refractivity contribution in [3.8, 4) is 6.07 Å². The van der Waals surface area contributed by atoms with Crippen molar-refractivity contribution in [1.82, 2.24) is 9.88 Å². The number of rotatable bonds is 2. The zero-order valence-corrected chi connectivity index (χ0v) is 11.6. The minimum atomic E-state index is 0.548. The van der Waals surface area contributed by atoms with Gasteiger partial charge in [-0.2, -0.15) is 5.26 Å². The van der Waals surface area contributed by atoms with Gasteiger partial charge in [0.25, 0.3) is 0 Å². The van der Waals surface area contributed by atoms with Crippen LogP contribution >= 0.6 is 15.9 Å². The Bertz CT molecular complexity index is 452. The number of hydrogen-bond donors (Lipinski definition) is 0. The maximum Gasteiger partial charge on any atom is 0.146 e. The smallest absolute Gasteiger partial charge is 0.146 e. The van der Waals surface area contributed by atoms with Crippen LogP contribution in [0.1, 0.15) is 12.0 Å². The SMILES string of the molecule is CN(C)[C@H]1CCN(c2ncc(Br)cc2C#N)C1. The van der Waals surface area contributed by atoms with E-state index in [-0.39, 0.29) is 0 Å². The van der Waals surface area contributed by atoms with Gasteiger partial charge in [0.2, 0.25) is 0 Å². The van der Waals surface area contributed by atoms with Crippen molar-refractivity contribution in [3.05, 3.63) is 22.3 Å². The van der Waals surface area contributed by atoms with Gasteiger partial charge in [0.1, 0.15) is 11.9 Å². The van der Waals surface area contributed by atoms with Gasteiger partial charge in [-0.15, -0.1) is 0 Å². The molecule has 1 atom stereocenters. The molecule has 0 aromatic carbocycles. The Morgan fingerprint density at radius 1 is 1.59 bits per heavy atom. The van der Waals surface area contributed by atoms with Crippen molar-refractivity contribution in [2.24, 2.45) is 0 Å². The zero-order valence-electron chi connectivity index (χ0n) is 10.0. The van der Waals surface area contributed by atoms with Crippen LogP contribution in [-0.4, -0.2) is 43.1 Å². The second-order valence-corrected chi connectivity index (χ2v) is 5.40. The molecule has 0 aliphatic carbocycles. The van der Waals surface area contributed by atoms with Gasteiger partial charge in [0.15, 0.2) is 0 Å². The predicted molar refractivity (Wildman–Crippen MR) is 71.0 cm³/mol. The highest BCUT2D eigenvalue weighted by Gasteiger charge is 2.26. The molecular formula is C12H15BrN4. The molecule has 1 aromatic heterocycles. The number of halogens is 1. The normalized spacial score (nSPS) is 19.7. The highest BCUT2D eigenvalue weighted by Crippen LogP contribution is 2.25. The first kappa shape index (κ1) is 12.3. The van der Waals surface area contributed by atoms with Crippen LogP contribution in [-0.2, 0) is 0 Å². The second-order valence-electron chi connectivity index (χ2n) is 4.49. The van der Waals surface area contributed by atoms with Gasteiger partial charge >= 0.3 is 0 Å². The van der Waals surface area contributed by atoms with E-state index in [1.54, 1.807) is 6.20 Å². The third kappa shape index (κ3) is 2.59. The maximum absolute atomic E-state index is 9.13. The molecule has 90 valence electrons. The molecule has 17 heavy (non-hydrogen) atoms. The number of pyridine rings is 1. The zero-order chi connectivity index (χ0) is 12.4. The molecule has 4 nitrogen and oxygen atoms in total. The minimum absolute atomic E-state index is 0.548. The summed E-state index contributed by atoms with van der Waals surface area (Å²) in [6, 6.07) is 4.58. The maximum atomic E-state index is 9.13. The van der Waals surface area contributed by atoms with Gasteiger partial charge in [-0.1, -0.05) is 0 Å². The monoisotopic (exact) mass is 294 g/mol. The molecule has 0 unspecified atom stereocenters. The number of nitrogens with zero attached hydrogens (tertiary/aromatic N) is 4. The van der Waals surface area contributed by atoms with E-state index in [2.05, 4.69) is 50.9 Å². The molecule has 2 heterocycles. The van der Waals surface area contributed by atoms with Crippen LogP contribution in [0.5, 0.6) is 0 Å². The Kier molecular flexibility index (Phi) is 3.65. The van der Waals surface area contributed by atoms with Crippen LogP contribution in [0.3, 0.4) is 0 Å². The Morgan fingerprint density at radius 2 is 2.35 bits per heavy atom. The van der Waals surface area contributed by atoms with E-state index in [4.69, 9.17) is 5.26 Å². The Balaban J connectivity index is 2.22. The molecule has 0 amide bonds. The molecule has 5 heteroatoms. The van der Waals surface area contributed by atoms with Crippen molar-refractivity contribution in [1.29, 1.82) is 5.26 Å². The molecule has 2 rings (SSSR count). The Hall–Kier alpha value is -1.12. The molecule has 1 saturated heterocycles. The lowest BCUT2D eigenvalue weighted by Crippen LogP contribution is -2.32. The Morgan fingerprint density at radius 3 is 2.94 bits per heavy atom.